The predicted octanol–water partition coefficient (Wildman–Crippen LogP) is 5.05. The Labute approximate surface area is 167 Å². The van der Waals surface area contributed by atoms with E-state index in [1.807, 2.05) is 31.2 Å². The molecular weight excluding hydrogens is 348 g/mol. The molecule has 1 aliphatic carbocycles. The number of carbonyl (C=O) groups is 1. The molecule has 2 aromatic carbocycles. The first-order valence-corrected chi connectivity index (χ1v) is 10.1. The lowest BCUT2D eigenvalue weighted by Crippen LogP contribution is -2.35. The normalized spacial score (nSPS) is 23.3. The van der Waals surface area contributed by atoms with E-state index in [1.54, 1.807) is 7.11 Å². The number of anilines is 1. The summed E-state index contributed by atoms with van der Waals surface area (Å²) in [6.07, 6.45) is 6.51. The summed E-state index contributed by atoms with van der Waals surface area (Å²) in [6, 6.07) is 14.6. The monoisotopic (exact) mass is 376 g/mol. The van der Waals surface area contributed by atoms with Crippen molar-refractivity contribution in [3.63, 3.8) is 0 Å². The predicted molar refractivity (Wildman–Crippen MR) is 113 cm³/mol. The van der Waals surface area contributed by atoms with E-state index in [9.17, 15) is 4.79 Å². The highest BCUT2D eigenvalue weighted by Gasteiger charge is 2.39. The summed E-state index contributed by atoms with van der Waals surface area (Å²) in [4.78, 5) is 12.9. The van der Waals surface area contributed by atoms with Gasteiger partial charge in [0.05, 0.1) is 24.4 Å². The number of methoxy groups -OCH3 is 1. The van der Waals surface area contributed by atoms with Crippen LogP contribution in [0.2, 0.25) is 0 Å². The molecule has 0 spiro atoms. The molecule has 28 heavy (non-hydrogen) atoms. The minimum Gasteiger partial charge on any atom is -0.497 e. The van der Waals surface area contributed by atoms with Crippen LogP contribution in [0.15, 0.2) is 54.6 Å². The molecule has 0 saturated carbocycles. The van der Waals surface area contributed by atoms with Crippen LogP contribution in [0.25, 0.3) is 0 Å². The second kappa shape index (κ2) is 7.70. The van der Waals surface area contributed by atoms with E-state index < -0.39 is 0 Å². The van der Waals surface area contributed by atoms with E-state index >= 15 is 0 Å². The maximum Gasteiger partial charge on any atom is 0.253 e. The Hall–Kier alpha value is -2.75. The smallest absolute Gasteiger partial charge is 0.253 e. The molecule has 0 aromatic heterocycles. The van der Waals surface area contributed by atoms with Gasteiger partial charge in [-0.2, -0.15) is 0 Å². The van der Waals surface area contributed by atoms with Crippen LogP contribution < -0.4 is 15.4 Å². The quantitative estimate of drug-likeness (QED) is 0.718. The van der Waals surface area contributed by atoms with Crippen LogP contribution in [-0.2, 0) is 0 Å². The van der Waals surface area contributed by atoms with Crippen molar-refractivity contribution in [3.05, 3.63) is 71.3 Å². The van der Waals surface area contributed by atoms with Crippen molar-refractivity contribution in [1.82, 2.24) is 5.32 Å². The van der Waals surface area contributed by atoms with Crippen LogP contribution in [0.4, 0.5) is 5.69 Å². The van der Waals surface area contributed by atoms with Gasteiger partial charge in [0.1, 0.15) is 5.75 Å². The lowest BCUT2D eigenvalue weighted by Gasteiger charge is -2.38. The van der Waals surface area contributed by atoms with E-state index in [1.165, 1.54) is 11.1 Å². The third-order valence-electron chi connectivity index (χ3n) is 6.08. The number of amides is 1. The fourth-order valence-electron chi connectivity index (χ4n) is 4.38. The Morgan fingerprint density at radius 1 is 1.29 bits per heavy atom. The number of carbonyl (C=O) groups excluding carboxylic acids is 1. The first-order valence-electron chi connectivity index (χ1n) is 10.1. The molecule has 1 amide bonds. The molecule has 2 N–H and O–H groups in total. The fraction of sp³-hybridized carbons (Fsp3) is 0.375. The minimum atomic E-state index is -0.0106. The number of ether oxygens (including phenoxy) is 1. The van der Waals surface area contributed by atoms with Crippen LogP contribution in [0.5, 0.6) is 5.75 Å². The zero-order valence-corrected chi connectivity index (χ0v) is 16.7. The third kappa shape index (κ3) is 3.28. The van der Waals surface area contributed by atoms with E-state index in [0.717, 1.165) is 29.8 Å². The lowest BCUT2D eigenvalue weighted by molar-refractivity contribution is 0.0939. The largest absolute Gasteiger partial charge is 0.497 e. The number of benzene rings is 2. The molecule has 4 unspecified atom stereocenters. The number of hydrogen-bond donors (Lipinski definition) is 2. The van der Waals surface area contributed by atoms with Gasteiger partial charge in [-0.3, -0.25) is 4.79 Å². The molecule has 4 atom stereocenters. The van der Waals surface area contributed by atoms with Crippen LogP contribution in [0.1, 0.15) is 60.1 Å². The highest BCUT2D eigenvalue weighted by molar-refractivity contribution is 6.01. The van der Waals surface area contributed by atoms with E-state index in [-0.39, 0.29) is 18.0 Å². The third-order valence-corrected chi connectivity index (χ3v) is 6.08. The molecule has 4 nitrogen and oxygen atoms in total. The Morgan fingerprint density at radius 2 is 2.11 bits per heavy atom. The van der Waals surface area contributed by atoms with E-state index in [4.69, 9.17) is 4.74 Å². The second-order valence-corrected chi connectivity index (χ2v) is 7.80. The number of rotatable bonds is 5. The average Bonchev–Trinajstić information content (AvgIpc) is 3.22. The minimum absolute atomic E-state index is 0.0106. The van der Waals surface area contributed by atoms with Gasteiger partial charge < -0.3 is 15.4 Å². The molecule has 0 radical (unpaired) electrons. The molecule has 4 rings (SSSR count). The molecule has 0 saturated heterocycles. The van der Waals surface area contributed by atoms with Gasteiger partial charge in [-0.1, -0.05) is 43.3 Å². The molecule has 0 fully saturated rings. The Kier molecular flexibility index (Phi) is 5.12. The molecular formula is C24H28N2O2. The highest BCUT2D eigenvalue weighted by Crippen LogP contribution is 2.50. The van der Waals surface area contributed by atoms with Gasteiger partial charge in [-0.15, -0.1) is 0 Å². The zero-order chi connectivity index (χ0) is 19.7. The van der Waals surface area contributed by atoms with Gasteiger partial charge in [-0.25, -0.2) is 0 Å². The number of para-hydroxylation sites is 1. The van der Waals surface area contributed by atoms with E-state index in [2.05, 4.69) is 47.9 Å². The highest BCUT2D eigenvalue weighted by atomic mass is 16.5. The van der Waals surface area contributed by atoms with Crippen molar-refractivity contribution < 1.29 is 9.53 Å². The fourth-order valence-corrected chi connectivity index (χ4v) is 4.38. The van der Waals surface area contributed by atoms with Crippen LogP contribution in [0.3, 0.4) is 0 Å². The van der Waals surface area contributed by atoms with Crippen molar-refractivity contribution in [2.24, 2.45) is 5.92 Å². The van der Waals surface area contributed by atoms with Crippen LogP contribution in [-0.4, -0.2) is 19.1 Å². The molecule has 1 heterocycles. The number of allylic oxidation sites excluding steroid dienone is 2. The number of fused-ring (bicyclic) bond motifs is 3. The zero-order valence-electron chi connectivity index (χ0n) is 16.7. The average molecular weight is 377 g/mol. The van der Waals surface area contributed by atoms with Gasteiger partial charge in [-0.05, 0) is 55.0 Å². The summed E-state index contributed by atoms with van der Waals surface area (Å²) < 4.78 is 5.44. The Balaban J connectivity index is 1.74. The van der Waals surface area contributed by atoms with Crippen molar-refractivity contribution >= 4 is 11.6 Å². The Bertz CT molecular complexity index is 905. The summed E-state index contributed by atoms with van der Waals surface area (Å²) >= 11 is 0. The number of hydrogen-bond acceptors (Lipinski definition) is 3. The summed E-state index contributed by atoms with van der Waals surface area (Å²) in [7, 11) is 1.69. The standard InChI is InChI=1S/C24H28N2O2/c1-4-15(2)25-24(27)21-13-7-12-20-18-10-6-11-19(18)22(26-23(20)21)16-8-5-9-17(14-16)28-3/h5-10,12-15,18-19,22,26H,4,11H2,1-3H3,(H,25,27). The van der Waals surface area contributed by atoms with E-state index in [0.29, 0.717) is 11.8 Å². The van der Waals surface area contributed by atoms with Crippen molar-refractivity contribution in [2.75, 3.05) is 12.4 Å². The lowest BCUT2D eigenvalue weighted by atomic mass is 9.76. The molecule has 1 aliphatic heterocycles. The van der Waals surface area contributed by atoms with Gasteiger partial charge in [0, 0.05) is 12.0 Å². The summed E-state index contributed by atoms with van der Waals surface area (Å²) in [5.41, 5.74) is 4.10. The first-order chi connectivity index (χ1) is 13.6. The summed E-state index contributed by atoms with van der Waals surface area (Å²) in [5.74, 6) is 1.61. The molecule has 2 aromatic rings. The van der Waals surface area contributed by atoms with Gasteiger partial charge >= 0.3 is 0 Å². The summed E-state index contributed by atoms with van der Waals surface area (Å²) in [6.45, 7) is 4.12. The topological polar surface area (TPSA) is 50.4 Å². The van der Waals surface area contributed by atoms with Gasteiger partial charge in [0.15, 0.2) is 0 Å². The molecule has 0 bridgehead atoms. The van der Waals surface area contributed by atoms with Crippen molar-refractivity contribution in [3.8, 4) is 5.75 Å². The molecule has 4 heteroatoms. The Morgan fingerprint density at radius 3 is 2.89 bits per heavy atom. The second-order valence-electron chi connectivity index (χ2n) is 7.80. The van der Waals surface area contributed by atoms with Crippen LogP contribution in [0, 0.1) is 5.92 Å². The molecule has 146 valence electrons. The maximum atomic E-state index is 12.9. The SMILES string of the molecule is CCC(C)NC(=O)c1cccc2c1NC(c1cccc(OC)c1)C1CC=CC21. The van der Waals surface area contributed by atoms with Gasteiger partial charge in [0.25, 0.3) is 5.91 Å². The summed E-state index contributed by atoms with van der Waals surface area (Å²) in [5, 5.41) is 6.83. The van der Waals surface area contributed by atoms with Crippen molar-refractivity contribution in [1.29, 1.82) is 0 Å². The van der Waals surface area contributed by atoms with Crippen molar-refractivity contribution in [2.45, 2.75) is 44.7 Å². The first kappa shape index (κ1) is 18.6. The maximum absolute atomic E-state index is 12.9. The number of nitrogens with one attached hydrogen (secondary N) is 2. The molecule has 2 aliphatic rings. The van der Waals surface area contributed by atoms with Crippen LogP contribution >= 0.6 is 0 Å². The van der Waals surface area contributed by atoms with Gasteiger partial charge in [0.2, 0.25) is 0 Å².